The van der Waals surface area contributed by atoms with Crippen molar-refractivity contribution in [2.24, 2.45) is 10.2 Å². The minimum absolute atomic E-state index is 0.0000450. The molecular weight excluding hydrogens is 440 g/mol. The molecule has 35 heavy (non-hydrogen) atoms. The standard InChI is InChI=1S/C28H32N4O3/c1-3-5-17-23(21-13-9-7-10-14-21)29-31-27(33)25-19-20-26(35-25)28(34)32-30-24(18-6-4-2)22-15-11-8-12-16-22/h7-16,19-20H,3-6,17-18H2,1-2H3,(H,31,33)(H,32,34)/b29-23+,30-24+. The van der Waals surface area contributed by atoms with Gasteiger partial charge in [-0.05, 0) is 48.9 Å². The Morgan fingerprint density at radius 3 is 1.43 bits per heavy atom. The average molecular weight is 473 g/mol. The summed E-state index contributed by atoms with van der Waals surface area (Å²) in [5.74, 6) is -1.05. The molecule has 0 aliphatic carbocycles. The largest absolute Gasteiger partial charge is 0.446 e. The number of furan rings is 1. The van der Waals surface area contributed by atoms with Crippen LogP contribution in [0.4, 0.5) is 0 Å². The van der Waals surface area contributed by atoms with Crippen molar-refractivity contribution in [1.82, 2.24) is 10.9 Å². The molecule has 7 heteroatoms. The summed E-state index contributed by atoms with van der Waals surface area (Å²) in [6.07, 6.45) is 5.43. The number of amides is 2. The third kappa shape index (κ3) is 7.78. The second-order valence-corrected chi connectivity index (χ2v) is 8.10. The van der Waals surface area contributed by atoms with Gasteiger partial charge >= 0.3 is 11.8 Å². The Bertz CT molecular complexity index is 1060. The third-order valence-corrected chi connectivity index (χ3v) is 5.39. The molecule has 3 rings (SSSR count). The molecule has 0 spiro atoms. The summed E-state index contributed by atoms with van der Waals surface area (Å²) < 4.78 is 5.48. The van der Waals surface area contributed by atoms with Gasteiger partial charge in [-0.2, -0.15) is 10.2 Å². The number of hydrazone groups is 2. The van der Waals surface area contributed by atoms with Crippen LogP contribution in [0.5, 0.6) is 0 Å². The van der Waals surface area contributed by atoms with Gasteiger partial charge < -0.3 is 4.42 Å². The lowest BCUT2D eigenvalue weighted by atomic mass is 10.1. The molecule has 182 valence electrons. The summed E-state index contributed by atoms with van der Waals surface area (Å²) in [7, 11) is 0. The highest BCUT2D eigenvalue weighted by molar-refractivity contribution is 6.03. The van der Waals surface area contributed by atoms with Crippen LogP contribution in [0.15, 0.2) is 87.4 Å². The molecule has 0 aliphatic rings. The van der Waals surface area contributed by atoms with Crippen LogP contribution in [0.3, 0.4) is 0 Å². The smallest absolute Gasteiger partial charge is 0.307 e. The van der Waals surface area contributed by atoms with Crippen molar-refractivity contribution in [2.75, 3.05) is 0 Å². The number of nitrogens with zero attached hydrogens (tertiary/aromatic N) is 2. The van der Waals surface area contributed by atoms with E-state index in [1.807, 2.05) is 60.7 Å². The number of hydrogen-bond acceptors (Lipinski definition) is 5. The molecule has 0 saturated carbocycles. The molecular formula is C28H32N4O3. The fourth-order valence-electron chi connectivity index (χ4n) is 3.41. The molecule has 1 aromatic heterocycles. The predicted molar refractivity (Wildman–Crippen MR) is 139 cm³/mol. The first kappa shape index (κ1) is 25.6. The number of hydrogen-bond donors (Lipinski definition) is 2. The predicted octanol–water partition coefficient (Wildman–Crippen LogP) is 5.93. The van der Waals surface area contributed by atoms with E-state index >= 15 is 0 Å². The van der Waals surface area contributed by atoms with Crippen molar-refractivity contribution in [3.8, 4) is 0 Å². The van der Waals surface area contributed by atoms with Gasteiger partial charge in [0.2, 0.25) is 0 Å². The Kier molecular flexibility index (Phi) is 9.99. The lowest BCUT2D eigenvalue weighted by Gasteiger charge is -2.07. The van der Waals surface area contributed by atoms with Crippen LogP contribution < -0.4 is 10.9 Å². The molecule has 0 bridgehead atoms. The molecule has 7 nitrogen and oxygen atoms in total. The normalized spacial score (nSPS) is 11.8. The second-order valence-electron chi connectivity index (χ2n) is 8.10. The van der Waals surface area contributed by atoms with Gasteiger partial charge in [0, 0.05) is 0 Å². The second kappa shape index (κ2) is 13.6. The average Bonchev–Trinajstić information content (AvgIpc) is 3.40. The number of carbonyl (C=O) groups excluding carboxylic acids is 2. The van der Waals surface area contributed by atoms with Gasteiger partial charge in [-0.15, -0.1) is 0 Å². The molecule has 0 fully saturated rings. The van der Waals surface area contributed by atoms with Crippen molar-refractivity contribution < 1.29 is 14.0 Å². The van der Waals surface area contributed by atoms with E-state index < -0.39 is 11.8 Å². The maximum absolute atomic E-state index is 12.6. The van der Waals surface area contributed by atoms with Crippen LogP contribution in [0.1, 0.15) is 84.6 Å². The minimum Gasteiger partial charge on any atom is -0.446 e. The molecule has 0 aliphatic heterocycles. The first-order chi connectivity index (χ1) is 17.1. The number of carbonyl (C=O) groups is 2. The van der Waals surface area contributed by atoms with Crippen molar-refractivity contribution >= 4 is 23.2 Å². The van der Waals surface area contributed by atoms with E-state index in [9.17, 15) is 9.59 Å². The van der Waals surface area contributed by atoms with Gasteiger partial charge in [0.1, 0.15) is 0 Å². The van der Waals surface area contributed by atoms with E-state index in [0.717, 1.165) is 61.1 Å². The maximum Gasteiger partial charge on any atom is 0.307 e. The maximum atomic E-state index is 12.6. The third-order valence-electron chi connectivity index (χ3n) is 5.39. The van der Waals surface area contributed by atoms with E-state index in [1.54, 1.807) is 0 Å². The Morgan fingerprint density at radius 2 is 1.06 bits per heavy atom. The zero-order valence-corrected chi connectivity index (χ0v) is 20.3. The molecule has 0 unspecified atom stereocenters. The minimum atomic E-state index is -0.523. The van der Waals surface area contributed by atoms with E-state index in [0.29, 0.717) is 0 Å². The summed E-state index contributed by atoms with van der Waals surface area (Å²) in [6, 6.07) is 22.3. The summed E-state index contributed by atoms with van der Waals surface area (Å²) in [4.78, 5) is 25.2. The van der Waals surface area contributed by atoms with Crippen LogP contribution in [-0.2, 0) is 0 Å². The summed E-state index contributed by atoms with van der Waals surface area (Å²) in [6.45, 7) is 4.21. The highest BCUT2D eigenvalue weighted by Gasteiger charge is 2.16. The van der Waals surface area contributed by atoms with Crippen LogP contribution >= 0.6 is 0 Å². The van der Waals surface area contributed by atoms with Crippen molar-refractivity contribution in [3.05, 3.63) is 95.4 Å². The SMILES string of the molecule is CCCC/C(=N\NC(=O)c1ccc(C(=O)N/N=C(\CCCC)c2ccccc2)o1)c1ccccc1. The Labute approximate surface area is 206 Å². The quantitative estimate of drug-likeness (QED) is 0.253. The van der Waals surface area contributed by atoms with E-state index in [-0.39, 0.29) is 11.5 Å². The molecule has 0 atom stereocenters. The van der Waals surface area contributed by atoms with Gasteiger partial charge in [-0.3, -0.25) is 9.59 Å². The summed E-state index contributed by atoms with van der Waals surface area (Å²) in [5.41, 5.74) is 8.59. The fourth-order valence-corrected chi connectivity index (χ4v) is 3.41. The molecule has 2 amide bonds. The van der Waals surface area contributed by atoms with Gasteiger partial charge in [-0.1, -0.05) is 87.4 Å². The molecule has 3 aromatic rings. The zero-order chi connectivity index (χ0) is 24.9. The van der Waals surface area contributed by atoms with Crippen molar-refractivity contribution in [1.29, 1.82) is 0 Å². The number of benzene rings is 2. The summed E-state index contributed by atoms with van der Waals surface area (Å²) in [5, 5.41) is 8.64. The molecule has 1 heterocycles. The van der Waals surface area contributed by atoms with E-state index in [2.05, 4.69) is 34.9 Å². The highest BCUT2D eigenvalue weighted by atomic mass is 16.4. The lowest BCUT2D eigenvalue weighted by Crippen LogP contribution is -2.21. The highest BCUT2D eigenvalue weighted by Crippen LogP contribution is 2.11. The molecule has 0 radical (unpaired) electrons. The van der Waals surface area contributed by atoms with Gasteiger partial charge in [-0.25, -0.2) is 10.9 Å². The van der Waals surface area contributed by atoms with Crippen LogP contribution in [0.25, 0.3) is 0 Å². The lowest BCUT2D eigenvalue weighted by molar-refractivity contribution is 0.0902. The van der Waals surface area contributed by atoms with Gasteiger partial charge in [0.15, 0.2) is 11.5 Å². The summed E-state index contributed by atoms with van der Waals surface area (Å²) >= 11 is 0. The van der Waals surface area contributed by atoms with E-state index in [4.69, 9.17) is 4.42 Å². The molecule has 2 aromatic carbocycles. The number of unbranched alkanes of at least 4 members (excludes halogenated alkanes) is 2. The molecule has 0 saturated heterocycles. The fraction of sp³-hybridized carbons (Fsp3) is 0.286. The Balaban J connectivity index is 1.67. The van der Waals surface area contributed by atoms with Crippen molar-refractivity contribution in [3.63, 3.8) is 0 Å². The monoisotopic (exact) mass is 472 g/mol. The van der Waals surface area contributed by atoms with Crippen LogP contribution in [0, 0.1) is 0 Å². The van der Waals surface area contributed by atoms with Crippen LogP contribution in [-0.4, -0.2) is 23.2 Å². The first-order valence-electron chi connectivity index (χ1n) is 12.1. The van der Waals surface area contributed by atoms with Gasteiger partial charge in [0.25, 0.3) is 0 Å². The molecule has 2 N–H and O–H groups in total. The Hall–Kier alpha value is -4.00. The number of nitrogens with one attached hydrogen (secondary N) is 2. The van der Waals surface area contributed by atoms with Gasteiger partial charge in [0.05, 0.1) is 11.4 Å². The van der Waals surface area contributed by atoms with Crippen molar-refractivity contribution in [2.45, 2.75) is 52.4 Å². The Morgan fingerprint density at radius 1 is 0.657 bits per heavy atom. The first-order valence-corrected chi connectivity index (χ1v) is 12.1. The topological polar surface area (TPSA) is 96.1 Å². The van der Waals surface area contributed by atoms with E-state index in [1.165, 1.54) is 12.1 Å². The zero-order valence-electron chi connectivity index (χ0n) is 20.3. The number of rotatable bonds is 12. The van der Waals surface area contributed by atoms with Crippen LogP contribution in [0.2, 0.25) is 0 Å².